The van der Waals surface area contributed by atoms with E-state index in [-0.39, 0.29) is 16.4 Å². The number of fused-ring (bicyclic) bond motifs is 16. The summed E-state index contributed by atoms with van der Waals surface area (Å²) in [5, 5.41) is 18.9. The molecule has 0 saturated carbocycles. The first kappa shape index (κ1) is 40.7. The smallest absolute Gasteiger partial charge is 0.346 e. The molecule has 4 aliphatic carbocycles. The molecule has 4 heteroatoms. The summed E-state index contributed by atoms with van der Waals surface area (Å²) in [5.74, 6) is -1.24. The van der Waals surface area contributed by atoms with Gasteiger partial charge in [-0.1, -0.05) is 179 Å². The van der Waals surface area contributed by atoms with E-state index in [9.17, 15) is 15.2 Å². The molecule has 0 atom stereocenters. The largest absolute Gasteiger partial charge is 0.477 e. The van der Waals surface area contributed by atoms with Gasteiger partial charge in [0, 0.05) is 27.9 Å². The Bertz CT molecular complexity index is 3630. The molecule has 0 aromatic heterocycles. The highest BCUT2D eigenvalue weighted by Crippen LogP contribution is 2.64. The number of aliphatic carboxylic acids is 1. The summed E-state index contributed by atoms with van der Waals surface area (Å²) in [6, 6.07) is 73.4. The quantitative estimate of drug-likeness (QED) is 0.133. The van der Waals surface area contributed by atoms with Gasteiger partial charge < -0.3 is 10.0 Å². The summed E-state index contributed by atoms with van der Waals surface area (Å²) in [6.07, 6.45) is 1.42. The first-order chi connectivity index (χ1) is 33.5. The van der Waals surface area contributed by atoms with Crippen molar-refractivity contribution in [2.75, 3.05) is 4.90 Å². The predicted molar refractivity (Wildman–Crippen MR) is 279 cm³/mol. The van der Waals surface area contributed by atoms with E-state index in [4.69, 9.17) is 0 Å². The lowest BCUT2D eigenvalue weighted by molar-refractivity contribution is -0.132. The van der Waals surface area contributed by atoms with Crippen LogP contribution in [-0.4, -0.2) is 11.1 Å². The summed E-state index contributed by atoms with van der Waals surface area (Å²) >= 11 is 0. The van der Waals surface area contributed by atoms with Crippen LogP contribution in [0.3, 0.4) is 0 Å². The zero-order valence-electron chi connectivity index (χ0n) is 38.8. The third kappa shape index (κ3) is 5.59. The third-order valence-corrected chi connectivity index (χ3v) is 15.9. The zero-order valence-corrected chi connectivity index (χ0v) is 38.8. The van der Waals surface area contributed by atoms with E-state index in [0.29, 0.717) is 5.56 Å². The Morgan fingerprint density at radius 3 is 1.26 bits per heavy atom. The highest BCUT2D eigenvalue weighted by atomic mass is 16.4. The van der Waals surface area contributed by atoms with E-state index in [0.717, 1.165) is 28.2 Å². The van der Waals surface area contributed by atoms with E-state index < -0.39 is 11.4 Å². The van der Waals surface area contributed by atoms with Crippen LogP contribution in [0.2, 0.25) is 0 Å². The van der Waals surface area contributed by atoms with Crippen molar-refractivity contribution in [1.82, 2.24) is 0 Å². The maximum absolute atomic E-state index is 11.6. The minimum atomic E-state index is -1.24. The van der Waals surface area contributed by atoms with Gasteiger partial charge in [-0.05, 0) is 154 Å². The predicted octanol–water partition coefficient (Wildman–Crippen LogP) is 15.8. The topological polar surface area (TPSA) is 64.3 Å². The normalized spacial score (nSPS) is 15.2. The van der Waals surface area contributed by atoms with Gasteiger partial charge in [0.2, 0.25) is 0 Å². The highest BCUT2D eigenvalue weighted by Gasteiger charge is 2.52. The number of carbonyl (C=O) groups is 1. The van der Waals surface area contributed by atoms with Crippen LogP contribution in [0.4, 0.5) is 17.1 Å². The molecule has 0 radical (unpaired) electrons. The number of carboxylic acids is 1. The first-order valence-corrected chi connectivity index (χ1v) is 23.7. The molecule has 328 valence electrons. The van der Waals surface area contributed by atoms with Gasteiger partial charge in [-0.2, -0.15) is 5.26 Å². The molecule has 1 spiro atoms. The number of hydrogen-bond acceptors (Lipinski definition) is 3. The second-order valence-electron chi connectivity index (χ2n) is 20.1. The fourth-order valence-corrected chi connectivity index (χ4v) is 12.6. The van der Waals surface area contributed by atoms with Crippen molar-refractivity contribution < 1.29 is 9.90 Å². The zero-order chi connectivity index (χ0) is 47.0. The number of carboxylic acid groups (broad SMARTS) is 1. The van der Waals surface area contributed by atoms with Crippen LogP contribution >= 0.6 is 0 Å². The maximum Gasteiger partial charge on any atom is 0.346 e. The van der Waals surface area contributed by atoms with Crippen molar-refractivity contribution in [3.63, 3.8) is 0 Å². The molecule has 4 aliphatic rings. The number of hydrogen-bond donors (Lipinski definition) is 1. The van der Waals surface area contributed by atoms with Crippen molar-refractivity contribution >= 4 is 29.1 Å². The second-order valence-corrected chi connectivity index (χ2v) is 20.1. The van der Waals surface area contributed by atoms with Gasteiger partial charge in [-0.3, -0.25) is 0 Å². The van der Waals surface area contributed by atoms with E-state index in [2.05, 4.69) is 202 Å². The van der Waals surface area contributed by atoms with Crippen molar-refractivity contribution in [2.45, 2.75) is 43.9 Å². The molecule has 4 nitrogen and oxygen atoms in total. The Hall–Kier alpha value is -8.52. The van der Waals surface area contributed by atoms with Crippen molar-refractivity contribution in [3.05, 3.63) is 250 Å². The molecular weight excluding hydrogens is 841 g/mol. The Balaban J connectivity index is 1.03. The van der Waals surface area contributed by atoms with Gasteiger partial charge in [-0.15, -0.1) is 0 Å². The fraction of sp³-hybridized carbons (Fsp3) is 0.108. The van der Waals surface area contributed by atoms with Gasteiger partial charge in [0.25, 0.3) is 0 Å². The molecule has 0 fully saturated rings. The number of anilines is 3. The van der Waals surface area contributed by atoms with Crippen LogP contribution in [0.1, 0.15) is 77.8 Å². The van der Waals surface area contributed by atoms with Gasteiger partial charge >= 0.3 is 5.97 Å². The molecule has 1 N–H and O–H groups in total. The molecule has 0 heterocycles. The van der Waals surface area contributed by atoms with Crippen LogP contribution < -0.4 is 4.90 Å². The van der Waals surface area contributed by atoms with Crippen LogP contribution in [0.5, 0.6) is 0 Å². The van der Waals surface area contributed by atoms with Gasteiger partial charge in [0.15, 0.2) is 0 Å². The van der Waals surface area contributed by atoms with E-state index in [1.165, 1.54) is 95.1 Å². The molecule has 9 aromatic rings. The summed E-state index contributed by atoms with van der Waals surface area (Å²) in [6.45, 7) is 9.43. The Labute approximate surface area is 402 Å². The SMILES string of the molecule is CC1(C)c2ccccc2-c2ccc(N(c3ccc4c(c3)C(C)(C)c3ccccc3-4)c3ccc4c(c3)C3(c5ccccc5-c5ccccc53)c3cc(-c5ccc(/C=C(\C#N)C(=O)O)cc5)ccc3-4)cc21. The van der Waals surface area contributed by atoms with Crippen molar-refractivity contribution in [2.24, 2.45) is 0 Å². The maximum atomic E-state index is 11.6. The summed E-state index contributed by atoms with van der Waals surface area (Å²) in [5.41, 5.74) is 25.2. The molecule has 0 unspecified atom stereocenters. The van der Waals surface area contributed by atoms with Gasteiger partial charge in [-0.25, -0.2) is 4.79 Å². The Morgan fingerprint density at radius 1 is 0.435 bits per heavy atom. The minimum Gasteiger partial charge on any atom is -0.477 e. The molecule has 69 heavy (non-hydrogen) atoms. The fourth-order valence-electron chi connectivity index (χ4n) is 12.6. The van der Waals surface area contributed by atoms with Gasteiger partial charge in [0.05, 0.1) is 5.41 Å². The lowest BCUT2D eigenvalue weighted by Gasteiger charge is -2.33. The minimum absolute atomic E-state index is 0.178. The average molecular weight is 887 g/mol. The van der Waals surface area contributed by atoms with E-state index in [1.807, 2.05) is 24.3 Å². The Kier molecular flexibility index (Phi) is 8.55. The standard InChI is InChI=1S/C65H46N2O2/c1-63(2)54-17-9-5-13-46(54)50-30-26-43(35-58(50)63)67(44-27-31-51-47-14-6-10-18-55(47)64(3,4)59(51)36-44)45-28-32-53-52-29-25-41(40-23-21-39(22-24-40)33-42(38-66)62(68)69)34-60(52)65(61(53)37-45)56-19-11-7-15-48(56)49-16-8-12-20-57(49)65/h5-37H,1-4H3,(H,68,69)/b42-33+. The lowest BCUT2D eigenvalue weighted by atomic mass is 9.70. The van der Waals surface area contributed by atoms with Crippen molar-refractivity contribution in [3.8, 4) is 61.7 Å². The Morgan fingerprint density at radius 2 is 0.797 bits per heavy atom. The molecule has 0 saturated heterocycles. The molecule has 13 rings (SSSR count). The third-order valence-electron chi connectivity index (χ3n) is 15.9. The monoisotopic (exact) mass is 886 g/mol. The number of nitrogens with zero attached hydrogens (tertiary/aromatic N) is 2. The molecular formula is C65H46N2O2. The van der Waals surface area contributed by atoms with Crippen LogP contribution in [0, 0.1) is 11.3 Å². The first-order valence-electron chi connectivity index (χ1n) is 23.7. The lowest BCUT2D eigenvalue weighted by Crippen LogP contribution is -2.26. The second kappa shape index (κ2) is 14.5. The average Bonchev–Trinajstić information content (AvgIpc) is 4.00. The number of nitriles is 1. The highest BCUT2D eigenvalue weighted by molar-refractivity contribution is 5.99. The van der Waals surface area contributed by atoms with Crippen LogP contribution in [0.25, 0.3) is 61.7 Å². The molecule has 0 amide bonds. The summed E-state index contributed by atoms with van der Waals surface area (Å²) in [7, 11) is 0. The van der Waals surface area contributed by atoms with Crippen LogP contribution in [-0.2, 0) is 21.0 Å². The van der Waals surface area contributed by atoms with Gasteiger partial charge in [0.1, 0.15) is 11.6 Å². The van der Waals surface area contributed by atoms with Crippen LogP contribution in [0.15, 0.2) is 200 Å². The van der Waals surface area contributed by atoms with E-state index in [1.54, 1.807) is 6.07 Å². The number of rotatable bonds is 6. The molecule has 0 bridgehead atoms. The summed E-state index contributed by atoms with van der Waals surface area (Å²) < 4.78 is 0. The summed E-state index contributed by atoms with van der Waals surface area (Å²) in [4.78, 5) is 14.1. The molecule has 9 aromatic carbocycles. The number of benzene rings is 9. The molecule has 0 aliphatic heterocycles. The van der Waals surface area contributed by atoms with E-state index >= 15 is 0 Å². The van der Waals surface area contributed by atoms with Crippen molar-refractivity contribution in [1.29, 1.82) is 5.26 Å².